The first kappa shape index (κ1) is 75.2. The summed E-state index contributed by atoms with van der Waals surface area (Å²) < 4.78 is 0. The van der Waals surface area contributed by atoms with E-state index in [1.165, 1.54) is 33.5 Å². The van der Waals surface area contributed by atoms with Crippen LogP contribution in [0.25, 0.3) is 10.8 Å². The Hall–Kier alpha value is -2.83. The Morgan fingerprint density at radius 2 is 0.763 bits per heavy atom. The number of para-hydroxylation sites is 2. The molecule has 3 aromatic rings. The van der Waals surface area contributed by atoms with Crippen molar-refractivity contribution < 1.29 is 0 Å². The maximum atomic E-state index is 5.21. The maximum absolute atomic E-state index is 5.21. The van der Waals surface area contributed by atoms with Crippen molar-refractivity contribution in [3.05, 3.63) is 60.7 Å². The lowest BCUT2D eigenvalue weighted by Crippen LogP contribution is -2.54. The molecular formula is C55H119B7N14. The average Bonchev–Trinajstić information content (AvgIpc) is 3.81. The summed E-state index contributed by atoms with van der Waals surface area (Å²) in [6.07, 6.45) is 0. The van der Waals surface area contributed by atoms with Crippen LogP contribution < -0.4 is 53.1 Å². The van der Waals surface area contributed by atoms with Crippen LogP contribution in [0.1, 0.15) is 138 Å². The zero-order valence-corrected chi connectivity index (χ0v) is 54.0. The number of benzene rings is 3. The fraction of sp³-hybridized carbons (Fsp3) is 0.709. The predicted octanol–water partition coefficient (Wildman–Crippen LogP) is 10.8. The van der Waals surface area contributed by atoms with Gasteiger partial charge < -0.3 is 72.4 Å². The minimum Gasteiger partial charge on any atom is -0.409 e. The first-order valence-corrected chi connectivity index (χ1v) is 29.5. The van der Waals surface area contributed by atoms with Gasteiger partial charge in [-0.3, -0.25) is 0 Å². The largest absolute Gasteiger partial charge is 0.409 e. The Bertz CT molecular complexity index is 1740. The smallest absolute Gasteiger partial charge is 0.373 e. The zero-order chi connectivity index (χ0) is 58.8. The first-order chi connectivity index (χ1) is 35.7. The monoisotopic (exact) mass is 1050 g/mol. The summed E-state index contributed by atoms with van der Waals surface area (Å²) in [7, 11) is 12.4. The Morgan fingerprint density at radius 3 is 0.974 bits per heavy atom. The topological polar surface area (TPSA) is 161 Å². The Kier molecular flexibility index (Phi) is 41.7. The van der Waals surface area contributed by atoms with Crippen molar-refractivity contribution in [1.29, 1.82) is 0 Å². The van der Waals surface area contributed by atoms with Gasteiger partial charge in [-0.2, -0.15) is 0 Å². The zero-order valence-electron chi connectivity index (χ0n) is 54.0. The minimum atomic E-state index is -0.148. The van der Waals surface area contributed by atoms with Crippen LogP contribution in [0, 0.1) is 0 Å². The van der Waals surface area contributed by atoms with Gasteiger partial charge in [-0.25, -0.2) is 0 Å². The number of fused-ring (bicyclic) bond motifs is 1. The van der Waals surface area contributed by atoms with Gasteiger partial charge in [-0.05, 0) is 152 Å². The summed E-state index contributed by atoms with van der Waals surface area (Å²) in [5, 5.41) is 29.6. The standard InChI is InChI=1S/C13H15BN2.C11H27BN2.C9H13BN2.2C7H19BN2.C5H15BN2.C3H11BN2/c1-9(2)14-15-11-7-3-5-10-6-4-8-12(16-14)13(10)11;1-7-13(8-2)12(11(5)6)14(9-3)10-4;1-7(2)10-11-8-5-3-4-6-9(8)12-10;1-7(2)8(9(3)4)10(5)6;1-5-9-8(7(3)4)10-6-2;1-5(2)6(7-3)8-4;1-3(2)4(5)6/h3-9,15-16H,1-2H3;11H,7-10H2,1-6H3;3-7,11-12H,1-2H3;7H,1-6H3;7,9-10H,5-6H2,1-4H3;5,7-8H,1-4H3;3H,5-6H2,1-2H3. The quantitative estimate of drug-likeness (QED) is 0.0459. The number of nitrogens with two attached hydrogens (primary N) is 2. The fourth-order valence-corrected chi connectivity index (χ4v) is 9.44. The highest BCUT2D eigenvalue weighted by atomic mass is 15.2. The number of nitrogens with zero attached hydrogens (tertiary/aromatic N) is 4. The van der Waals surface area contributed by atoms with Gasteiger partial charge in [-0.1, -0.05) is 175 Å². The van der Waals surface area contributed by atoms with Gasteiger partial charge in [0.05, 0.1) is 0 Å². The summed E-state index contributed by atoms with van der Waals surface area (Å²) in [4.78, 5) is 9.59. The van der Waals surface area contributed by atoms with Crippen molar-refractivity contribution in [3.8, 4) is 0 Å². The van der Waals surface area contributed by atoms with E-state index < -0.39 is 0 Å². The van der Waals surface area contributed by atoms with E-state index >= 15 is 0 Å². The molecule has 0 saturated heterocycles. The van der Waals surface area contributed by atoms with Gasteiger partial charge in [0.15, 0.2) is 0 Å². The molecule has 0 bridgehead atoms. The highest BCUT2D eigenvalue weighted by Gasteiger charge is 2.31. The van der Waals surface area contributed by atoms with Crippen LogP contribution in [0.15, 0.2) is 60.7 Å². The molecule has 0 unspecified atom stereocenters. The van der Waals surface area contributed by atoms with E-state index in [0.29, 0.717) is 82.6 Å². The molecule has 2 aliphatic rings. The lowest BCUT2D eigenvalue weighted by atomic mass is 9.60. The van der Waals surface area contributed by atoms with Crippen LogP contribution in [-0.4, -0.2) is 150 Å². The third-order valence-corrected chi connectivity index (χ3v) is 13.6. The molecule has 2 heterocycles. The van der Waals surface area contributed by atoms with Crippen molar-refractivity contribution in [2.75, 3.05) is 102 Å². The molecular weight excluding hydrogens is 932 g/mol. The molecule has 0 radical (unpaired) electrons. The van der Waals surface area contributed by atoms with E-state index in [9.17, 15) is 0 Å². The van der Waals surface area contributed by atoms with E-state index in [-0.39, 0.29) is 6.98 Å². The van der Waals surface area contributed by atoms with Gasteiger partial charge in [-0.15, -0.1) is 0 Å². The average molecular weight is 1050 g/mol. The number of anilines is 4. The number of hydrogen-bond donors (Lipinski definition) is 10. The summed E-state index contributed by atoms with van der Waals surface area (Å²) in [6, 6.07) is 21.1. The third kappa shape index (κ3) is 28.9. The molecule has 76 heavy (non-hydrogen) atoms. The van der Waals surface area contributed by atoms with Gasteiger partial charge in [0.25, 0.3) is 0 Å². The maximum Gasteiger partial charge on any atom is 0.373 e. The van der Waals surface area contributed by atoms with Crippen LogP contribution in [0.4, 0.5) is 22.7 Å². The molecule has 0 fully saturated rings. The van der Waals surface area contributed by atoms with Crippen molar-refractivity contribution in [2.24, 2.45) is 11.3 Å². The number of nitrogens with one attached hydrogen (secondary N) is 8. The molecule has 0 aromatic heterocycles. The lowest BCUT2D eigenvalue weighted by Gasteiger charge is -2.37. The minimum absolute atomic E-state index is 0.148. The van der Waals surface area contributed by atoms with Crippen molar-refractivity contribution in [2.45, 2.75) is 179 Å². The number of rotatable bonds is 21. The fourth-order valence-electron chi connectivity index (χ4n) is 9.44. The van der Waals surface area contributed by atoms with E-state index in [4.69, 9.17) is 11.3 Å². The van der Waals surface area contributed by atoms with Crippen LogP contribution in [0.5, 0.6) is 0 Å². The van der Waals surface area contributed by atoms with E-state index in [1.807, 2.05) is 27.9 Å². The van der Waals surface area contributed by atoms with Crippen molar-refractivity contribution in [3.63, 3.8) is 0 Å². The van der Waals surface area contributed by atoms with Gasteiger partial charge >= 0.3 is 48.9 Å². The van der Waals surface area contributed by atoms with E-state index in [0.717, 1.165) is 39.3 Å². The molecule has 0 amide bonds. The highest BCUT2D eigenvalue weighted by Crippen LogP contribution is 2.35. The summed E-state index contributed by atoms with van der Waals surface area (Å²) in [6.45, 7) is 53.4. The van der Waals surface area contributed by atoms with E-state index in [1.54, 1.807) is 0 Å². The van der Waals surface area contributed by atoms with Crippen LogP contribution >= 0.6 is 0 Å². The first-order valence-electron chi connectivity index (χ1n) is 29.5. The molecule has 430 valence electrons. The van der Waals surface area contributed by atoms with Crippen molar-refractivity contribution >= 4 is 82.4 Å². The third-order valence-electron chi connectivity index (χ3n) is 13.6. The molecule has 0 aliphatic carbocycles. The molecule has 0 spiro atoms. The Labute approximate surface area is 474 Å². The summed E-state index contributed by atoms with van der Waals surface area (Å²) in [5.41, 5.74) is 15.3. The van der Waals surface area contributed by atoms with Gasteiger partial charge in [0.1, 0.15) is 0 Å². The molecule has 0 atom stereocenters. The lowest BCUT2D eigenvalue weighted by molar-refractivity contribution is 0.368. The Morgan fingerprint density at radius 1 is 0.447 bits per heavy atom. The SMILES string of the molecule is CC(C)B(N(C)C)N(C)C.CC(C)B(N)N.CC(C)B1Nc2cccc3cccc(c23)N1.CC(C)B1Nc2ccccc2N1.CCN(CC)B(C(C)C)N(CC)CC.CCNB(NCC)C(C)C.CNB(NC)C(C)C. The van der Waals surface area contributed by atoms with Crippen LogP contribution in [0.2, 0.25) is 40.7 Å². The molecule has 21 heteroatoms. The summed E-state index contributed by atoms with van der Waals surface area (Å²) >= 11 is 0. The van der Waals surface area contributed by atoms with E-state index in [2.05, 4.69) is 275 Å². The Balaban J connectivity index is 0. The molecule has 5 rings (SSSR count). The highest BCUT2D eigenvalue weighted by molar-refractivity contribution is 6.70. The molecule has 14 nitrogen and oxygen atoms in total. The molecule has 2 aliphatic heterocycles. The van der Waals surface area contributed by atoms with Crippen LogP contribution in [0.3, 0.4) is 0 Å². The molecule has 3 aromatic carbocycles. The molecule has 0 saturated carbocycles. The molecule has 12 N–H and O–H groups in total. The van der Waals surface area contributed by atoms with Crippen LogP contribution in [-0.2, 0) is 0 Å². The normalized spacial score (nSPS) is 12.0. The summed E-state index contributed by atoms with van der Waals surface area (Å²) in [5.74, 6) is 4.29. The number of hydrogen-bond acceptors (Lipinski definition) is 14. The predicted molar refractivity (Wildman–Crippen MR) is 358 cm³/mol. The second-order valence-electron chi connectivity index (χ2n) is 22.9. The van der Waals surface area contributed by atoms with Gasteiger partial charge in [0.2, 0.25) is 0 Å². The van der Waals surface area contributed by atoms with Crippen molar-refractivity contribution in [1.82, 2.24) is 40.2 Å². The second-order valence-corrected chi connectivity index (χ2v) is 22.9. The second kappa shape index (κ2) is 42.1. The van der Waals surface area contributed by atoms with Gasteiger partial charge in [0, 0.05) is 28.1 Å².